The van der Waals surface area contributed by atoms with Crippen LogP contribution in [0.4, 0.5) is 0 Å². The van der Waals surface area contributed by atoms with Gasteiger partial charge in [-0.2, -0.15) is 0 Å². The quantitative estimate of drug-likeness (QED) is 0.560. The first-order valence-corrected chi connectivity index (χ1v) is 3.62. The Kier molecular flexibility index (Phi) is 4.25. The number of rotatable bonds is 0. The van der Waals surface area contributed by atoms with E-state index in [0.29, 0.717) is 12.1 Å². The predicted octanol–water partition coefficient (Wildman–Crippen LogP) is 0.929. The molecule has 0 aromatic rings. The maximum Gasteiger partial charge on any atom is 0.0569 e. The van der Waals surface area contributed by atoms with Crippen LogP contribution < -0.4 is 5.32 Å². The second kappa shape index (κ2) is 4.16. The third kappa shape index (κ3) is 2.86. The van der Waals surface area contributed by atoms with Crippen molar-refractivity contribution in [1.29, 1.82) is 0 Å². The fourth-order valence-electron chi connectivity index (χ4n) is 1.53. The lowest BCUT2D eigenvalue weighted by atomic mass is 9.98. The maximum atomic E-state index is 9.21. The summed E-state index contributed by atoms with van der Waals surface area (Å²) in [4.78, 5) is 0. The van der Waals surface area contributed by atoms with Crippen molar-refractivity contribution in [2.75, 3.05) is 0 Å². The molecule has 0 spiro atoms. The monoisotopic (exact) mass is 165 g/mol. The summed E-state index contributed by atoms with van der Waals surface area (Å²) in [6, 6.07) is 0.979. The molecule has 2 nitrogen and oxygen atoms in total. The van der Waals surface area contributed by atoms with Crippen molar-refractivity contribution in [3.63, 3.8) is 0 Å². The Morgan fingerprint density at radius 1 is 1.20 bits per heavy atom. The highest BCUT2D eigenvalue weighted by Gasteiger charge is 2.20. The Morgan fingerprint density at radius 3 is 1.90 bits per heavy atom. The fraction of sp³-hybridized carbons (Fsp3) is 1.00. The van der Waals surface area contributed by atoms with Crippen LogP contribution >= 0.6 is 12.4 Å². The van der Waals surface area contributed by atoms with Gasteiger partial charge < -0.3 is 10.4 Å². The summed E-state index contributed by atoms with van der Waals surface area (Å²) in [5.41, 5.74) is 0. The molecular formula is C7H16ClNO. The molecule has 10 heavy (non-hydrogen) atoms. The lowest BCUT2D eigenvalue weighted by Gasteiger charge is -2.29. The highest BCUT2D eigenvalue weighted by molar-refractivity contribution is 5.85. The minimum absolute atomic E-state index is 0. The lowest BCUT2D eigenvalue weighted by Crippen LogP contribution is -2.44. The largest absolute Gasteiger partial charge is 0.393 e. The Hall–Kier alpha value is 0.210. The number of piperidine rings is 1. The first-order chi connectivity index (χ1) is 4.18. The van der Waals surface area contributed by atoms with Gasteiger partial charge in [-0.1, -0.05) is 0 Å². The maximum absolute atomic E-state index is 9.21. The number of aliphatic hydroxyl groups is 1. The van der Waals surface area contributed by atoms with E-state index in [1.54, 1.807) is 0 Å². The van der Waals surface area contributed by atoms with Gasteiger partial charge in [-0.15, -0.1) is 12.4 Å². The second-order valence-corrected chi connectivity index (χ2v) is 3.09. The Morgan fingerprint density at radius 2 is 1.60 bits per heavy atom. The van der Waals surface area contributed by atoms with Gasteiger partial charge >= 0.3 is 0 Å². The molecular weight excluding hydrogens is 150 g/mol. The second-order valence-electron chi connectivity index (χ2n) is 3.09. The van der Waals surface area contributed by atoms with Crippen molar-refractivity contribution in [1.82, 2.24) is 5.32 Å². The Bertz CT molecular complexity index is 74.6. The summed E-state index contributed by atoms with van der Waals surface area (Å²) in [6.45, 7) is 4.22. The summed E-state index contributed by atoms with van der Waals surface area (Å²) in [6.07, 6.45) is 1.74. The summed E-state index contributed by atoms with van der Waals surface area (Å²) in [7, 11) is 0. The summed E-state index contributed by atoms with van der Waals surface area (Å²) in [5, 5.41) is 12.6. The molecule has 2 N–H and O–H groups in total. The van der Waals surface area contributed by atoms with Gasteiger partial charge in [0, 0.05) is 12.1 Å². The van der Waals surface area contributed by atoms with E-state index < -0.39 is 0 Å². The molecule has 1 unspecified atom stereocenters. The zero-order valence-corrected chi connectivity index (χ0v) is 7.32. The summed E-state index contributed by atoms with van der Waals surface area (Å²) in [5.74, 6) is 0. The molecule has 1 rings (SSSR count). The number of nitrogens with one attached hydrogen (secondary N) is 1. The van der Waals surface area contributed by atoms with Crippen LogP contribution in [-0.4, -0.2) is 23.3 Å². The van der Waals surface area contributed by atoms with Crippen LogP contribution in [0.3, 0.4) is 0 Å². The van der Waals surface area contributed by atoms with Gasteiger partial charge in [-0.05, 0) is 26.7 Å². The standard InChI is InChI=1S/C7H15NO.ClH/c1-5-3-7(9)4-6(2)8-5;/h5-9H,3-4H2,1-2H3;1H/t5-,6+,7?;. The topological polar surface area (TPSA) is 32.3 Å². The number of hydrogen-bond acceptors (Lipinski definition) is 2. The van der Waals surface area contributed by atoms with Crippen LogP contribution in [0.2, 0.25) is 0 Å². The molecule has 1 fully saturated rings. The highest BCUT2D eigenvalue weighted by Crippen LogP contribution is 2.11. The minimum atomic E-state index is -0.0729. The third-order valence-electron chi connectivity index (χ3n) is 1.82. The number of aliphatic hydroxyl groups excluding tert-OH is 1. The van der Waals surface area contributed by atoms with E-state index in [-0.39, 0.29) is 18.5 Å². The Balaban J connectivity index is 0.000000810. The molecule has 1 aliphatic heterocycles. The molecule has 0 aromatic heterocycles. The van der Waals surface area contributed by atoms with Gasteiger partial charge in [-0.25, -0.2) is 0 Å². The first-order valence-electron chi connectivity index (χ1n) is 3.62. The van der Waals surface area contributed by atoms with E-state index in [1.165, 1.54) is 0 Å². The Labute approximate surface area is 68.4 Å². The smallest absolute Gasteiger partial charge is 0.0569 e. The van der Waals surface area contributed by atoms with Gasteiger partial charge in [0.1, 0.15) is 0 Å². The molecule has 0 saturated carbocycles. The SMILES string of the molecule is C[C@@H]1CC(O)C[C@H](C)N1.Cl. The minimum Gasteiger partial charge on any atom is -0.393 e. The van der Waals surface area contributed by atoms with Crippen LogP contribution in [-0.2, 0) is 0 Å². The average Bonchev–Trinajstić information content (AvgIpc) is 1.59. The van der Waals surface area contributed by atoms with Crippen LogP contribution in [0, 0.1) is 0 Å². The van der Waals surface area contributed by atoms with Crippen molar-refractivity contribution < 1.29 is 5.11 Å². The van der Waals surface area contributed by atoms with Crippen molar-refractivity contribution in [3.05, 3.63) is 0 Å². The van der Waals surface area contributed by atoms with Crippen molar-refractivity contribution >= 4 is 12.4 Å². The third-order valence-corrected chi connectivity index (χ3v) is 1.82. The molecule has 0 aliphatic carbocycles. The van der Waals surface area contributed by atoms with Gasteiger partial charge in [-0.3, -0.25) is 0 Å². The van der Waals surface area contributed by atoms with E-state index in [1.807, 2.05) is 0 Å². The number of hydrogen-bond donors (Lipinski definition) is 2. The van der Waals surface area contributed by atoms with Gasteiger partial charge in [0.25, 0.3) is 0 Å². The van der Waals surface area contributed by atoms with Crippen LogP contribution in [0.1, 0.15) is 26.7 Å². The van der Waals surface area contributed by atoms with Crippen LogP contribution in [0.5, 0.6) is 0 Å². The first kappa shape index (κ1) is 10.2. The molecule has 0 amide bonds. The normalized spacial score (nSPS) is 40.5. The molecule has 3 atom stereocenters. The van der Waals surface area contributed by atoms with E-state index in [2.05, 4.69) is 19.2 Å². The fourth-order valence-corrected chi connectivity index (χ4v) is 1.53. The van der Waals surface area contributed by atoms with Crippen molar-refractivity contribution in [3.8, 4) is 0 Å². The molecule has 62 valence electrons. The van der Waals surface area contributed by atoms with Crippen molar-refractivity contribution in [2.45, 2.75) is 44.9 Å². The zero-order valence-electron chi connectivity index (χ0n) is 6.50. The zero-order chi connectivity index (χ0) is 6.85. The van der Waals surface area contributed by atoms with E-state index in [9.17, 15) is 5.11 Å². The lowest BCUT2D eigenvalue weighted by molar-refractivity contribution is 0.102. The summed E-state index contributed by atoms with van der Waals surface area (Å²) >= 11 is 0. The predicted molar refractivity (Wildman–Crippen MR) is 44.5 cm³/mol. The summed E-state index contributed by atoms with van der Waals surface area (Å²) < 4.78 is 0. The van der Waals surface area contributed by atoms with E-state index in [0.717, 1.165) is 12.8 Å². The molecule has 0 aromatic carbocycles. The van der Waals surface area contributed by atoms with Crippen molar-refractivity contribution in [2.24, 2.45) is 0 Å². The molecule has 1 aliphatic rings. The van der Waals surface area contributed by atoms with E-state index >= 15 is 0 Å². The average molecular weight is 166 g/mol. The molecule has 0 bridgehead atoms. The van der Waals surface area contributed by atoms with Gasteiger partial charge in [0.05, 0.1) is 6.10 Å². The molecule has 0 radical (unpaired) electrons. The molecule has 1 heterocycles. The molecule has 1 saturated heterocycles. The van der Waals surface area contributed by atoms with Crippen LogP contribution in [0.15, 0.2) is 0 Å². The van der Waals surface area contributed by atoms with Gasteiger partial charge in [0.15, 0.2) is 0 Å². The van der Waals surface area contributed by atoms with Gasteiger partial charge in [0.2, 0.25) is 0 Å². The molecule has 3 heteroatoms. The van der Waals surface area contributed by atoms with Crippen LogP contribution in [0.25, 0.3) is 0 Å². The van der Waals surface area contributed by atoms with E-state index in [4.69, 9.17) is 0 Å². The number of halogens is 1. The highest BCUT2D eigenvalue weighted by atomic mass is 35.5.